The highest BCUT2D eigenvalue weighted by Gasteiger charge is 2.19. The summed E-state index contributed by atoms with van der Waals surface area (Å²) in [7, 11) is 0. The first kappa shape index (κ1) is 16.2. The summed E-state index contributed by atoms with van der Waals surface area (Å²) in [6.07, 6.45) is 5.29. The number of nitrogens with zero attached hydrogens (tertiary/aromatic N) is 4. The number of amides is 2. The maximum atomic E-state index is 12.3. The third kappa shape index (κ3) is 3.81. The summed E-state index contributed by atoms with van der Waals surface area (Å²) in [5.74, 6) is 1.73. The molecule has 3 rings (SSSR count). The SMILES string of the molecule is Cc1noc([C@@H](C)NC(=O)Nc2cccnc2N2CCCCC2)n1. The standard InChI is InChI=1S/C16H22N6O2/c1-11(15-19-12(2)21-24-15)18-16(23)20-13-7-6-8-17-14(13)22-9-4-3-5-10-22/h6-8,11H,3-5,9-10H2,1-2H3,(H2,18,20,23)/t11-/m1/s1. The molecule has 1 aliphatic rings. The Hall–Kier alpha value is -2.64. The van der Waals surface area contributed by atoms with E-state index in [0.717, 1.165) is 31.7 Å². The van der Waals surface area contributed by atoms with Gasteiger partial charge in [-0.2, -0.15) is 4.98 Å². The Morgan fingerprint density at radius 1 is 1.33 bits per heavy atom. The molecule has 1 aliphatic heterocycles. The first-order valence-electron chi connectivity index (χ1n) is 8.21. The lowest BCUT2D eigenvalue weighted by Crippen LogP contribution is -2.34. The summed E-state index contributed by atoms with van der Waals surface area (Å²) in [6.45, 7) is 5.46. The van der Waals surface area contributed by atoms with E-state index in [4.69, 9.17) is 4.52 Å². The lowest BCUT2D eigenvalue weighted by molar-refractivity contribution is 0.245. The number of carbonyl (C=O) groups is 1. The summed E-state index contributed by atoms with van der Waals surface area (Å²) in [6, 6.07) is 2.97. The third-order valence-electron chi connectivity index (χ3n) is 3.95. The molecule has 0 unspecified atom stereocenters. The van der Waals surface area contributed by atoms with Crippen LogP contribution in [-0.2, 0) is 0 Å². The maximum absolute atomic E-state index is 12.3. The Kier molecular flexibility index (Phi) is 4.93. The van der Waals surface area contributed by atoms with E-state index in [2.05, 4.69) is 30.7 Å². The number of urea groups is 1. The fraction of sp³-hybridized carbons (Fsp3) is 0.500. The largest absolute Gasteiger partial charge is 0.355 e. The number of piperidine rings is 1. The number of aryl methyl sites for hydroxylation is 1. The van der Waals surface area contributed by atoms with E-state index in [1.807, 2.05) is 12.1 Å². The maximum Gasteiger partial charge on any atom is 0.319 e. The zero-order valence-corrected chi connectivity index (χ0v) is 14.0. The number of nitrogens with one attached hydrogen (secondary N) is 2. The average molecular weight is 330 g/mol. The second-order valence-corrected chi connectivity index (χ2v) is 5.92. The molecule has 0 aliphatic carbocycles. The number of anilines is 2. The number of aromatic nitrogens is 3. The van der Waals surface area contributed by atoms with E-state index in [9.17, 15) is 4.79 Å². The van der Waals surface area contributed by atoms with Gasteiger partial charge in [0.1, 0.15) is 6.04 Å². The molecule has 8 nitrogen and oxygen atoms in total. The van der Waals surface area contributed by atoms with Crippen LogP contribution in [0.5, 0.6) is 0 Å². The summed E-state index contributed by atoms with van der Waals surface area (Å²) >= 11 is 0. The van der Waals surface area contributed by atoms with Gasteiger partial charge < -0.3 is 20.1 Å². The van der Waals surface area contributed by atoms with Crippen LogP contribution >= 0.6 is 0 Å². The van der Waals surface area contributed by atoms with E-state index in [1.54, 1.807) is 20.0 Å². The van der Waals surface area contributed by atoms with E-state index in [1.165, 1.54) is 6.42 Å². The second kappa shape index (κ2) is 7.29. The van der Waals surface area contributed by atoms with E-state index >= 15 is 0 Å². The zero-order chi connectivity index (χ0) is 16.9. The van der Waals surface area contributed by atoms with E-state index in [-0.39, 0.29) is 12.1 Å². The molecule has 1 saturated heterocycles. The molecule has 1 fully saturated rings. The number of pyridine rings is 1. The van der Waals surface area contributed by atoms with Crippen molar-refractivity contribution in [2.75, 3.05) is 23.3 Å². The molecule has 128 valence electrons. The molecule has 24 heavy (non-hydrogen) atoms. The number of rotatable bonds is 4. The van der Waals surface area contributed by atoms with Gasteiger partial charge in [-0.1, -0.05) is 5.16 Å². The van der Waals surface area contributed by atoms with Crippen molar-refractivity contribution in [1.82, 2.24) is 20.4 Å². The van der Waals surface area contributed by atoms with Crippen molar-refractivity contribution in [1.29, 1.82) is 0 Å². The molecule has 0 radical (unpaired) electrons. The molecule has 8 heteroatoms. The fourth-order valence-electron chi connectivity index (χ4n) is 2.76. The van der Waals surface area contributed by atoms with Gasteiger partial charge in [-0.15, -0.1) is 0 Å². The fourth-order valence-corrected chi connectivity index (χ4v) is 2.76. The predicted molar refractivity (Wildman–Crippen MR) is 89.9 cm³/mol. The summed E-state index contributed by atoms with van der Waals surface area (Å²) in [5, 5.41) is 9.40. The van der Waals surface area contributed by atoms with Crippen molar-refractivity contribution >= 4 is 17.5 Å². The minimum Gasteiger partial charge on any atom is -0.355 e. The van der Waals surface area contributed by atoms with Crippen LogP contribution < -0.4 is 15.5 Å². The van der Waals surface area contributed by atoms with Gasteiger partial charge in [0.25, 0.3) is 0 Å². The summed E-state index contributed by atoms with van der Waals surface area (Å²) in [5.41, 5.74) is 0.700. The van der Waals surface area contributed by atoms with Gasteiger partial charge in [0.15, 0.2) is 11.6 Å². The summed E-state index contributed by atoms with van der Waals surface area (Å²) in [4.78, 5) is 23.1. The zero-order valence-electron chi connectivity index (χ0n) is 14.0. The van der Waals surface area contributed by atoms with Crippen molar-refractivity contribution in [3.63, 3.8) is 0 Å². The minimum atomic E-state index is -0.374. The third-order valence-corrected chi connectivity index (χ3v) is 3.95. The van der Waals surface area contributed by atoms with Crippen molar-refractivity contribution in [2.45, 2.75) is 39.2 Å². The molecule has 2 aromatic rings. The highest BCUT2D eigenvalue weighted by atomic mass is 16.5. The molecule has 2 amide bonds. The van der Waals surface area contributed by atoms with Crippen LogP contribution in [-0.4, -0.2) is 34.2 Å². The van der Waals surface area contributed by atoms with Gasteiger partial charge in [0, 0.05) is 19.3 Å². The van der Waals surface area contributed by atoms with Crippen LogP contribution in [0.1, 0.15) is 43.9 Å². The monoisotopic (exact) mass is 330 g/mol. The van der Waals surface area contributed by atoms with E-state index in [0.29, 0.717) is 17.4 Å². The Balaban J connectivity index is 1.66. The average Bonchev–Trinajstić information content (AvgIpc) is 3.03. The Bertz CT molecular complexity index is 695. The van der Waals surface area contributed by atoms with Gasteiger partial charge in [-0.05, 0) is 45.2 Å². The number of hydrogen-bond donors (Lipinski definition) is 2. The quantitative estimate of drug-likeness (QED) is 0.894. The van der Waals surface area contributed by atoms with Gasteiger partial charge >= 0.3 is 6.03 Å². The first-order valence-corrected chi connectivity index (χ1v) is 8.21. The predicted octanol–water partition coefficient (Wildman–Crippen LogP) is 2.65. The van der Waals surface area contributed by atoms with Crippen LogP contribution in [0, 0.1) is 6.92 Å². The van der Waals surface area contributed by atoms with Gasteiger partial charge in [0.05, 0.1) is 5.69 Å². The minimum absolute atomic E-state index is 0.329. The van der Waals surface area contributed by atoms with Crippen molar-refractivity contribution in [3.05, 3.63) is 30.0 Å². The van der Waals surface area contributed by atoms with Crippen LogP contribution in [0.3, 0.4) is 0 Å². The van der Waals surface area contributed by atoms with Crippen LogP contribution in [0.2, 0.25) is 0 Å². The van der Waals surface area contributed by atoms with Crippen molar-refractivity contribution < 1.29 is 9.32 Å². The van der Waals surface area contributed by atoms with Crippen LogP contribution in [0.25, 0.3) is 0 Å². The normalized spacial score (nSPS) is 15.8. The molecule has 0 aromatic carbocycles. The lowest BCUT2D eigenvalue weighted by Gasteiger charge is -2.29. The topological polar surface area (TPSA) is 96.2 Å². The molecule has 2 aromatic heterocycles. The van der Waals surface area contributed by atoms with Crippen LogP contribution in [0.15, 0.2) is 22.9 Å². The van der Waals surface area contributed by atoms with E-state index < -0.39 is 0 Å². The van der Waals surface area contributed by atoms with Crippen molar-refractivity contribution in [2.24, 2.45) is 0 Å². The van der Waals surface area contributed by atoms with Gasteiger partial charge in [-0.25, -0.2) is 9.78 Å². The van der Waals surface area contributed by atoms with Gasteiger partial charge in [-0.3, -0.25) is 0 Å². The molecule has 0 bridgehead atoms. The molecule has 1 atom stereocenters. The number of carbonyl (C=O) groups excluding carboxylic acids is 1. The summed E-state index contributed by atoms with van der Waals surface area (Å²) < 4.78 is 5.07. The Morgan fingerprint density at radius 3 is 2.83 bits per heavy atom. The molecule has 0 saturated carbocycles. The highest BCUT2D eigenvalue weighted by Crippen LogP contribution is 2.25. The molecule has 0 spiro atoms. The molecular weight excluding hydrogens is 308 g/mol. The number of hydrogen-bond acceptors (Lipinski definition) is 6. The molecule has 3 heterocycles. The highest BCUT2D eigenvalue weighted by molar-refractivity contribution is 5.92. The Morgan fingerprint density at radius 2 is 2.12 bits per heavy atom. The Labute approximate surface area is 140 Å². The smallest absolute Gasteiger partial charge is 0.319 e. The van der Waals surface area contributed by atoms with Gasteiger partial charge in [0.2, 0.25) is 5.89 Å². The van der Waals surface area contributed by atoms with Crippen LogP contribution in [0.4, 0.5) is 16.3 Å². The molecular formula is C16H22N6O2. The lowest BCUT2D eigenvalue weighted by atomic mass is 10.1. The van der Waals surface area contributed by atoms with Crippen molar-refractivity contribution in [3.8, 4) is 0 Å². The second-order valence-electron chi connectivity index (χ2n) is 5.92. The molecule has 2 N–H and O–H groups in total. The first-order chi connectivity index (χ1) is 11.6.